The second-order valence-corrected chi connectivity index (χ2v) is 4.94. The lowest BCUT2D eigenvalue weighted by Gasteiger charge is -2.09. The van der Waals surface area contributed by atoms with Crippen LogP contribution in [0.1, 0.15) is 25.0 Å². The fourth-order valence-corrected chi connectivity index (χ4v) is 2.27. The van der Waals surface area contributed by atoms with Crippen LogP contribution in [0.2, 0.25) is 0 Å². The summed E-state index contributed by atoms with van der Waals surface area (Å²) >= 11 is 6.08. The van der Waals surface area contributed by atoms with E-state index in [1.165, 1.54) is 23.7 Å². The zero-order valence-corrected chi connectivity index (χ0v) is 10.4. The Morgan fingerprint density at radius 3 is 3.00 bits per heavy atom. The summed E-state index contributed by atoms with van der Waals surface area (Å²) in [7, 11) is 0. The molecule has 1 N–H and O–H groups in total. The van der Waals surface area contributed by atoms with E-state index in [0.717, 1.165) is 23.9 Å². The van der Waals surface area contributed by atoms with E-state index in [-0.39, 0.29) is 0 Å². The Bertz CT molecular complexity index is 457. The third-order valence-corrected chi connectivity index (χ3v) is 3.42. The molecule has 3 rings (SSSR count). The van der Waals surface area contributed by atoms with Crippen LogP contribution in [0, 0.1) is 12.8 Å². The van der Waals surface area contributed by atoms with Crippen molar-refractivity contribution in [2.75, 3.05) is 0 Å². The fourth-order valence-electron chi connectivity index (χ4n) is 2.04. The summed E-state index contributed by atoms with van der Waals surface area (Å²) in [5.74, 6) is 2.26. The molecule has 1 aromatic rings. The first-order chi connectivity index (χ1) is 8.22. The number of halogens is 1. The average Bonchev–Trinajstić information content (AvgIpc) is 3.06. The van der Waals surface area contributed by atoms with Gasteiger partial charge in [0, 0.05) is 36.0 Å². The van der Waals surface area contributed by atoms with Crippen LogP contribution in [0.3, 0.4) is 0 Å². The van der Waals surface area contributed by atoms with Crippen molar-refractivity contribution in [1.82, 2.24) is 19.9 Å². The van der Waals surface area contributed by atoms with E-state index < -0.39 is 0 Å². The number of hydrogen-bond donors (Lipinski definition) is 1. The van der Waals surface area contributed by atoms with Gasteiger partial charge in [0.25, 0.3) is 0 Å². The Labute approximate surface area is 105 Å². The Hall–Kier alpha value is -1.20. The molecule has 1 saturated heterocycles. The zero-order chi connectivity index (χ0) is 11.8. The summed E-state index contributed by atoms with van der Waals surface area (Å²) in [6, 6.07) is 2.29. The normalized spacial score (nSPS) is 26.8. The van der Waals surface area contributed by atoms with Crippen molar-refractivity contribution < 1.29 is 0 Å². The van der Waals surface area contributed by atoms with Crippen molar-refractivity contribution in [2.24, 2.45) is 10.9 Å². The van der Waals surface area contributed by atoms with E-state index in [1.54, 1.807) is 0 Å². The predicted octanol–water partition coefficient (Wildman–Crippen LogP) is 1.96. The first-order valence-electron chi connectivity index (χ1n) is 5.80. The van der Waals surface area contributed by atoms with Crippen LogP contribution in [-0.4, -0.2) is 26.4 Å². The Balaban J connectivity index is 1.79. The van der Waals surface area contributed by atoms with Gasteiger partial charge >= 0.3 is 0 Å². The van der Waals surface area contributed by atoms with Gasteiger partial charge in [0.2, 0.25) is 0 Å². The van der Waals surface area contributed by atoms with E-state index in [9.17, 15) is 0 Å². The Morgan fingerprint density at radius 2 is 2.29 bits per heavy atom. The van der Waals surface area contributed by atoms with Gasteiger partial charge in [0.05, 0.1) is 0 Å². The van der Waals surface area contributed by atoms with Crippen molar-refractivity contribution in [3.05, 3.63) is 18.1 Å². The third kappa shape index (κ3) is 2.40. The molecule has 6 heteroatoms. The molecule has 17 heavy (non-hydrogen) atoms. The molecule has 1 unspecified atom stereocenters. The molecular weight excluding hydrogens is 238 g/mol. The van der Waals surface area contributed by atoms with Gasteiger partial charge in [-0.15, -0.1) is 0 Å². The van der Waals surface area contributed by atoms with Crippen LogP contribution in [0.25, 0.3) is 0 Å². The first-order valence-corrected chi connectivity index (χ1v) is 6.14. The molecule has 0 spiro atoms. The van der Waals surface area contributed by atoms with Crippen molar-refractivity contribution in [1.29, 1.82) is 0 Å². The summed E-state index contributed by atoms with van der Waals surface area (Å²) in [5.41, 5.74) is 4.13. The second-order valence-electron chi connectivity index (χ2n) is 4.60. The minimum atomic E-state index is 0.439. The smallest absolute Gasteiger partial charge is 0.157 e. The highest BCUT2D eigenvalue weighted by molar-refractivity contribution is 6.22. The topological polar surface area (TPSA) is 53.4 Å². The second kappa shape index (κ2) is 4.23. The molecule has 1 aliphatic heterocycles. The van der Waals surface area contributed by atoms with E-state index in [2.05, 4.69) is 20.4 Å². The quantitative estimate of drug-likeness (QED) is 0.817. The Kier molecular flexibility index (Phi) is 2.72. The molecule has 0 aromatic carbocycles. The molecule has 5 nitrogen and oxygen atoms in total. The van der Waals surface area contributed by atoms with Crippen molar-refractivity contribution in [3.63, 3.8) is 0 Å². The molecule has 2 fully saturated rings. The lowest BCUT2D eigenvalue weighted by atomic mass is 10.1. The molecule has 1 aromatic heterocycles. The minimum Gasteiger partial charge on any atom is -0.242 e. The molecule has 90 valence electrons. The molecule has 0 radical (unpaired) electrons. The highest BCUT2D eigenvalue weighted by Crippen LogP contribution is 2.37. The van der Waals surface area contributed by atoms with Gasteiger partial charge in [0.1, 0.15) is 12.2 Å². The number of aliphatic imine (C=N–C) groups is 1. The predicted molar refractivity (Wildman–Crippen MR) is 65.8 cm³/mol. The molecule has 0 amide bonds. The molecule has 1 atom stereocenters. The molecular formula is C11H14ClN5. The maximum absolute atomic E-state index is 6.08. The molecule has 1 aliphatic carbocycles. The average molecular weight is 252 g/mol. The number of amidine groups is 1. The minimum absolute atomic E-state index is 0.439. The van der Waals surface area contributed by atoms with E-state index in [1.807, 2.05) is 13.0 Å². The van der Waals surface area contributed by atoms with Crippen LogP contribution in [0.5, 0.6) is 0 Å². The highest BCUT2D eigenvalue weighted by atomic mass is 35.5. The molecule has 1 saturated carbocycles. The van der Waals surface area contributed by atoms with Crippen LogP contribution in [-0.2, 0) is 0 Å². The molecule has 0 bridgehead atoms. The number of hydrogen-bond acceptors (Lipinski definition) is 4. The van der Waals surface area contributed by atoms with E-state index in [0.29, 0.717) is 11.9 Å². The van der Waals surface area contributed by atoms with Gasteiger partial charge in [-0.2, -0.15) is 0 Å². The summed E-state index contributed by atoms with van der Waals surface area (Å²) in [6.45, 7) is 1.92. The number of aryl methyl sites for hydroxylation is 1. The SMILES string of the molecule is Cc1cc(N=C2CC(C3CC3)NN2Cl)ncn1. The van der Waals surface area contributed by atoms with E-state index in [4.69, 9.17) is 11.8 Å². The van der Waals surface area contributed by atoms with Gasteiger partial charge < -0.3 is 0 Å². The van der Waals surface area contributed by atoms with Crippen molar-refractivity contribution in [3.8, 4) is 0 Å². The zero-order valence-electron chi connectivity index (χ0n) is 9.60. The molecule has 2 aliphatic rings. The largest absolute Gasteiger partial charge is 0.242 e. The first kappa shape index (κ1) is 10.9. The summed E-state index contributed by atoms with van der Waals surface area (Å²) in [4.78, 5) is 12.6. The third-order valence-electron chi connectivity index (χ3n) is 3.13. The number of aromatic nitrogens is 2. The maximum atomic E-state index is 6.08. The standard InChI is InChI=1S/C11H14ClN5/c1-7-4-10(14-6-13-7)15-11-5-9(8-2-3-8)16-17(11)12/h4,6,8-9,16H,2-3,5H2,1H3. The number of hydrazine groups is 1. The Morgan fingerprint density at radius 1 is 1.47 bits per heavy atom. The van der Waals surface area contributed by atoms with Crippen molar-refractivity contribution in [2.45, 2.75) is 32.2 Å². The number of rotatable bonds is 2. The highest BCUT2D eigenvalue weighted by Gasteiger charge is 2.38. The van der Waals surface area contributed by atoms with Gasteiger partial charge in [0.15, 0.2) is 5.82 Å². The van der Waals surface area contributed by atoms with E-state index >= 15 is 0 Å². The summed E-state index contributed by atoms with van der Waals surface area (Å²) in [6.07, 6.45) is 4.98. The fraction of sp³-hybridized carbons (Fsp3) is 0.545. The maximum Gasteiger partial charge on any atom is 0.157 e. The van der Waals surface area contributed by atoms with Gasteiger partial charge in [-0.1, -0.05) is 0 Å². The van der Waals surface area contributed by atoms with Crippen LogP contribution >= 0.6 is 11.8 Å². The lowest BCUT2D eigenvalue weighted by Crippen LogP contribution is -2.30. The molecule has 2 heterocycles. The van der Waals surface area contributed by atoms with Gasteiger partial charge in [-0.25, -0.2) is 24.9 Å². The number of nitrogens with one attached hydrogen (secondary N) is 1. The van der Waals surface area contributed by atoms with Crippen molar-refractivity contribution >= 4 is 23.4 Å². The number of nitrogens with zero attached hydrogens (tertiary/aromatic N) is 4. The van der Waals surface area contributed by atoms with Crippen LogP contribution in [0.15, 0.2) is 17.4 Å². The lowest BCUT2D eigenvalue weighted by molar-refractivity contribution is 0.415. The van der Waals surface area contributed by atoms with Crippen LogP contribution < -0.4 is 5.43 Å². The van der Waals surface area contributed by atoms with Gasteiger partial charge in [-0.05, 0) is 25.7 Å². The summed E-state index contributed by atoms with van der Waals surface area (Å²) in [5, 5.41) is 0. The van der Waals surface area contributed by atoms with Crippen LogP contribution in [0.4, 0.5) is 5.82 Å². The van der Waals surface area contributed by atoms with Gasteiger partial charge in [-0.3, -0.25) is 0 Å². The monoisotopic (exact) mass is 251 g/mol. The summed E-state index contributed by atoms with van der Waals surface area (Å²) < 4.78 is 1.50.